The van der Waals surface area contributed by atoms with Crippen LogP contribution >= 0.6 is 7.60 Å². The van der Waals surface area contributed by atoms with Gasteiger partial charge in [-0.3, -0.25) is 0 Å². The van der Waals surface area contributed by atoms with E-state index in [9.17, 15) is 14.4 Å². The Morgan fingerprint density at radius 1 is 1.71 bits per heavy atom. The first kappa shape index (κ1) is 6.89. The van der Waals surface area contributed by atoms with Gasteiger partial charge >= 0.3 is 0 Å². The van der Waals surface area contributed by atoms with Crippen molar-refractivity contribution < 1.29 is 14.4 Å². The Bertz CT molecular complexity index is 103. The summed E-state index contributed by atoms with van der Waals surface area (Å²) in [6, 6.07) is 0. The molecular formula is C3H5O3P-2. The zero-order valence-corrected chi connectivity index (χ0v) is 4.56. The number of rotatable bonds is 2. The van der Waals surface area contributed by atoms with Gasteiger partial charge in [-0.15, -0.1) is 6.58 Å². The van der Waals surface area contributed by atoms with Crippen LogP contribution in [-0.2, 0) is 4.57 Å². The minimum Gasteiger partial charge on any atom is -0.811 e. The smallest absolute Gasteiger partial charge is 0.00721 e. The molecule has 0 aromatic carbocycles. The molecule has 0 aliphatic heterocycles. The molecule has 0 radical (unpaired) electrons. The molecule has 0 unspecified atom stereocenters. The zero-order valence-electron chi connectivity index (χ0n) is 3.66. The second-order valence-corrected chi connectivity index (χ2v) is 2.67. The van der Waals surface area contributed by atoms with Gasteiger partial charge in [-0.25, -0.2) is 0 Å². The van der Waals surface area contributed by atoms with Gasteiger partial charge in [-0.05, 0) is 6.16 Å². The third kappa shape index (κ3) is 5.89. The number of hydrogen-bond donors (Lipinski definition) is 0. The largest absolute Gasteiger partial charge is 0.811 e. The first-order valence-electron chi connectivity index (χ1n) is 1.68. The summed E-state index contributed by atoms with van der Waals surface area (Å²) in [5.41, 5.74) is 0. The molecule has 4 heteroatoms. The van der Waals surface area contributed by atoms with Crippen LogP contribution in [-0.4, -0.2) is 6.16 Å². The van der Waals surface area contributed by atoms with Crippen LogP contribution in [0.15, 0.2) is 12.7 Å². The molecule has 0 aliphatic carbocycles. The van der Waals surface area contributed by atoms with Crippen LogP contribution in [0.2, 0.25) is 0 Å². The first-order valence-corrected chi connectivity index (χ1v) is 3.41. The van der Waals surface area contributed by atoms with Crippen LogP contribution in [0.1, 0.15) is 0 Å². The van der Waals surface area contributed by atoms with Crippen molar-refractivity contribution in [3.8, 4) is 0 Å². The Morgan fingerprint density at radius 3 is 2.14 bits per heavy atom. The normalized spacial score (nSPS) is 11.1. The van der Waals surface area contributed by atoms with Gasteiger partial charge in [-0.1, -0.05) is 13.7 Å². The van der Waals surface area contributed by atoms with Crippen molar-refractivity contribution in [1.82, 2.24) is 0 Å². The summed E-state index contributed by atoms with van der Waals surface area (Å²) in [7, 11) is -4.28. The highest BCUT2D eigenvalue weighted by molar-refractivity contribution is 7.48. The number of hydrogen-bond acceptors (Lipinski definition) is 3. The maximum absolute atomic E-state index is 9.63. The summed E-state index contributed by atoms with van der Waals surface area (Å²) in [6.45, 7) is 3.07. The molecule has 0 amide bonds. The molecule has 42 valence electrons. The van der Waals surface area contributed by atoms with E-state index in [-0.39, 0.29) is 0 Å². The van der Waals surface area contributed by atoms with Crippen molar-refractivity contribution in [3.63, 3.8) is 0 Å². The molecule has 0 atom stereocenters. The third-order valence-electron chi connectivity index (χ3n) is 0.353. The molecule has 0 saturated carbocycles. The van der Waals surface area contributed by atoms with Crippen molar-refractivity contribution >= 4 is 7.60 Å². The van der Waals surface area contributed by atoms with E-state index in [4.69, 9.17) is 0 Å². The van der Waals surface area contributed by atoms with Crippen molar-refractivity contribution in [2.24, 2.45) is 0 Å². The summed E-state index contributed by atoms with van der Waals surface area (Å²) in [5, 5.41) is 0. The molecule has 0 N–H and O–H groups in total. The highest BCUT2D eigenvalue weighted by atomic mass is 31.2. The van der Waals surface area contributed by atoms with E-state index in [0.717, 1.165) is 6.08 Å². The van der Waals surface area contributed by atoms with Crippen molar-refractivity contribution in [2.75, 3.05) is 6.16 Å². The van der Waals surface area contributed by atoms with E-state index < -0.39 is 13.8 Å². The summed E-state index contributed by atoms with van der Waals surface area (Å²) in [5.74, 6) is 0. The lowest BCUT2D eigenvalue weighted by molar-refractivity contribution is -0.312. The Balaban J connectivity index is 3.57. The average molecular weight is 120 g/mol. The summed E-state index contributed by atoms with van der Waals surface area (Å²) in [4.78, 5) is 19.3. The molecule has 0 rings (SSSR count). The molecule has 0 aliphatic rings. The minimum absolute atomic E-state index is 0.451. The fourth-order valence-electron chi connectivity index (χ4n) is 0.158. The van der Waals surface area contributed by atoms with E-state index in [2.05, 4.69) is 6.58 Å². The Kier molecular flexibility index (Phi) is 2.23. The predicted octanol–water partition coefficient (Wildman–Crippen LogP) is -0.914. The number of allylic oxidation sites excluding steroid dienone is 1. The Labute approximate surface area is 41.8 Å². The van der Waals surface area contributed by atoms with Crippen LogP contribution < -0.4 is 9.79 Å². The maximum atomic E-state index is 9.63. The molecule has 0 aromatic rings. The molecule has 0 fully saturated rings. The van der Waals surface area contributed by atoms with Gasteiger partial charge in [0.05, 0.1) is 0 Å². The third-order valence-corrected chi connectivity index (χ3v) is 1.06. The summed E-state index contributed by atoms with van der Waals surface area (Å²) >= 11 is 0. The van der Waals surface area contributed by atoms with Crippen molar-refractivity contribution in [1.29, 1.82) is 0 Å². The molecule has 0 saturated heterocycles. The quantitative estimate of drug-likeness (QED) is 0.350. The Morgan fingerprint density at radius 2 is 2.14 bits per heavy atom. The SMILES string of the molecule is C=CCP(=O)([O-])[O-]. The van der Waals surface area contributed by atoms with Crippen LogP contribution in [0, 0.1) is 0 Å². The second kappa shape index (κ2) is 2.26. The van der Waals surface area contributed by atoms with Gasteiger partial charge in [0.25, 0.3) is 0 Å². The highest BCUT2D eigenvalue weighted by Gasteiger charge is 1.79. The van der Waals surface area contributed by atoms with Crippen molar-refractivity contribution in [3.05, 3.63) is 12.7 Å². The molecule has 3 nitrogen and oxygen atoms in total. The second-order valence-electron chi connectivity index (χ2n) is 1.08. The fourth-order valence-corrected chi connectivity index (χ4v) is 0.474. The summed E-state index contributed by atoms with van der Waals surface area (Å²) < 4.78 is 9.63. The van der Waals surface area contributed by atoms with Gasteiger partial charge in [0.2, 0.25) is 0 Å². The van der Waals surface area contributed by atoms with Crippen LogP contribution in [0.3, 0.4) is 0 Å². The maximum Gasteiger partial charge on any atom is -0.00721 e. The van der Waals surface area contributed by atoms with E-state index in [1.165, 1.54) is 0 Å². The van der Waals surface area contributed by atoms with Crippen LogP contribution in [0.4, 0.5) is 0 Å². The summed E-state index contributed by atoms with van der Waals surface area (Å²) in [6.07, 6.45) is 0.619. The molecule has 0 spiro atoms. The molecule has 0 aromatic heterocycles. The first-order chi connectivity index (χ1) is 3.06. The van der Waals surface area contributed by atoms with Gasteiger partial charge in [0.1, 0.15) is 0 Å². The van der Waals surface area contributed by atoms with E-state index >= 15 is 0 Å². The van der Waals surface area contributed by atoms with E-state index in [0.29, 0.717) is 0 Å². The lowest BCUT2D eigenvalue weighted by atomic mass is 10.8. The van der Waals surface area contributed by atoms with Gasteiger partial charge in [0.15, 0.2) is 0 Å². The van der Waals surface area contributed by atoms with E-state index in [1.807, 2.05) is 0 Å². The van der Waals surface area contributed by atoms with Gasteiger partial charge < -0.3 is 14.4 Å². The van der Waals surface area contributed by atoms with Crippen molar-refractivity contribution in [2.45, 2.75) is 0 Å². The zero-order chi connectivity index (χ0) is 5.91. The predicted molar refractivity (Wildman–Crippen MR) is 22.7 cm³/mol. The molecule has 7 heavy (non-hydrogen) atoms. The van der Waals surface area contributed by atoms with Crippen LogP contribution in [0.25, 0.3) is 0 Å². The lowest BCUT2D eigenvalue weighted by Crippen LogP contribution is -2.15. The topological polar surface area (TPSA) is 63.2 Å². The standard InChI is InChI=1S/C3H7O3P/c1-2-3-7(4,5)6/h2H,1,3H2,(H2,4,5,6)/p-2. The highest BCUT2D eigenvalue weighted by Crippen LogP contribution is 2.21. The van der Waals surface area contributed by atoms with Crippen LogP contribution in [0.5, 0.6) is 0 Å². The van der Waals surface area contributed by atoms with Gasteiger partial charge in [-0.2, -0.15) is 0 Å². The van der Waals surface area contributed by atoms with Gasteiger partial charge in [0, 0.05) is 0 Å². The fraction of sp³-hybridized carbons (Fsp3) is 0.333. The average Bonchev–Trinajstić information content (AvgIpc) is 1.30. The lowest BCUT2D eigenvalue weighted by Gasteiger charge is -2.27. The Hall–Kier alpha value is -0.110. The minimum atomic E-state index is -4.28. The molecular weight excluding hydrogens is 115 g/mol. The monoisotopic (exact) mass is 120 g/mol. The molecule has 0 heterocycles. The van der Waals surface area contributed by atoms with E-state index in [1.54, 1.807) is 0 Å². The molecule has 0 bridgehead atoms.